The van der Waals surface area contributed by atoms with Crippen LogP contribution in [0.5, 0.6) is 5.75 Å². The molecule has 1 heterocycles. The molecule has 1 aromatic carbocycles. The van der Waals surface area contributed by atoms with E-state index in [1.807, 2.05) is 24.3 Å². The minimum absolute atomic E-state index is 0.134. The number of rotatable bonds is 11. The molecule has 0 N–H and O–H groups in total. The molecule has 0 amide bonds. The molecule has 8 heteroatoms. The van der Waals surface area contributed by atoms with E-state index in [4.69, 9.17) is 28.4 Å². The third-order valence-corrected chi connectivity index (χ3v) is 4.15. The molecule has 1 aliphatic heterocycles. The van der Waals surface area contributed by atoms with Crippen LogP contribution >= 0.6 is 0 Å². The van der Waals surface area contributed by atoms with Crippen molar-refractivity contribution >= 4 is 11.9 Å². The average molecular weight is 408 g/mol. The van der Waals surface area contributed by atoms with Crippen molar-refractivity contribution in [3.05, 3.63) is 41.5 Å². The summed E-state index contributed by atoms with van der Waals surface area (Å²) >= 11 is 0. The molecule has 0 saturated carbocycles. The molecular formula is C21H28O8. The molecule has 0 aliphatic carbocycles. The molecule has 1 saturated heterocycles. The van der Waals surface area contributed by atoms with Crippen molar-refractivity contribution < 1.29 is 38.0 Å². The first-order valence-electron chi connectivity index (χ1n) is 9.59. The third-order valence-electron chi connectivity index (χ3n) is 4.15. The smallest absolute Gasteiger partial charge is 0.345 e. The van der Waals surface area contributed by atoms with E-state index < -0.39 is 17.7 Å². The maximum atomic E-state index is 12.2. The summed E-state index contributed by atoms with van der Waals surface area (Å²) in [5.41, 5.74) is 0.744. The summed E-state index contributed by atoms with van der Waals surface area (Å²) < 4.78 is 32.2. The minimum Gasteiger partial charge on any atom is -0.497 e. The van der Waals surface area contributed by atoms with Crippen molar-refractivity contribution in [2.75, 3.05) is 40.1 Å². The first-order chi connectivity index (χ1) is 14.0. The molecule has 8 nitrogen and oxygen atoms in total. The van der Waals surface area contributed by atoms with E-state index in [2.05, 4.69) is 0 Å². The maximum absolute atomic E-state index is 12.2. The van der Waals surface area contributed by atoms with Gasteiger partial charge < -0.3 is 28.4 Å². The first-order valence-corrected chi connectivity index (χ1v) is 9.59. The van der Waals surface area contributed by atoms with E-state index in [1.54, 1.807) is 21.0 Å². The highest BCUT2D eigenvalue weighted by Gasteiger charge is 2.37. The highest BCUT2D eigenvalue weighted by atomic mass is 16.7. The topological polar surface area (TPSA) is 89.5 Å². The summed E-state index contributed by atoms with van der Waals surface area (Å²) in [6.45, 7) is 4.96. The lowest BCUT2D eigenvalue weighted by Crippen LogP contribution is -2.32. The van der Waals surface area contributed by atoms with Crippen LogP contribution in [0.25, 0.3) is 0 Å². The Morgan fingerprint density at radius 2 is 1.62 bits per heavy atom. The molecule has 1 aromatic rings. The van der Waals surface area contributed by atoms with Gasteiger partial charge in [-0.2, -0.15) is 0 Å². The first kappa shape index (κ1) is 22.9. The number of esters is 2. The van der Waals surface area contributed by atoms with Gasteiger partial charge in [-0.3, -0.25) is 0 Å². The van der Waals surface area contributed by atoms with Gasteiger partial charge in [-0.1, -0.05) is 12.1 Å². The van der Waals surface area contributed by atoms with E-state index in [1.165, 1.54) is 6.08 Å². The Morgan fingerprint density at radius 1 is 1.03 bits per heavy atom. The van der Waals surface area contributed by atoms with Gasteiger partial charge in [0.2, 0.25) is 0 Å². The van der Waals surface area contributed by atoms with Crippen molar-refractivity contribution in [1.29, 1.82) is 0 Å². The van der Waals surface area contributed by atoms with E-state index in [9.17, 15) is 9.59 Å². The zero-order valence-corrected chi connectivity index (χ0v) is 17.1. The van der Waals surface area contributed by atoms with Crippen LogP contribution in [0.4, 0.5) is 0 Å². The summed E-state index contributed by atoms with van der Waals surface area (Å²) in [4.78, 5) is 24.4. The summed E-state index contributed by atoms with van der Waals surface area (Å²) in [5, 5.41) is 0. The fourth-order valence-corrected chi connectivity index (χ4v) is 2.74. The molecule has 0 aromatic heterocycles. The van der Waals surface area contributed by atoms with Crippen LogP contribution in [0.1, 0.15) is 25.8 Å². The Hall–Kier alpha value is -2.42. The van der Waals surface area contributed by atoms with Crippen LogP contribution in [0.2, 0.25) is 0 Å². The predicted molar refractivity (Wildman–Crippen MR) is 103 cm³/mol. The van der Waals surface area contributed by atoms with Gasteiger partial charge in [0, 0.05) is 6.42 Å². The minimum atomic E-state index is -1.24. The zero-order chi connectivity index (χ0) is 21.1. The van der Waals surface area contributed by atoms with Gasteiger partial charge in [-0.05, 0) is 37.6 Å². The Morgan fingerprint density at radius 3 is 2.14 bits per heavy atom. The largest absolute Gasteiger partial charge is 0.497 e. The summed E-state index contributed by atoms with van der Waals surface area (Å²) in [5.74, 6) is -2.02. The number of hydrogen-bond donors (Lipinski definition) is 0. The molecule has 0 unspecified atom stereocenters. The fraction of sp³-hybridized carbons (Fsp3) is 0.524. The summed E-state index contributed by atoms with van der Waals surface area (Å²) in [6, 6.07) is 7.54. The lowest BCUT2D eigenvalue weighted by molar-refractivity contribution is -0.150. The van der Waals surface area contributed by atoms with Gasteiger partial charge >= 0.3 is 11.9 Å². The van der Waals surface area contributed by atoms with Gasteiger partial charge in [0.05, 0.1) is 46.8 Å². The number of carbonyl (C=O) groups is 2. The third kappa shape index (κ3) is 6.85. The lowest BCUT2D eigenvalue weighted by Gasteiger charge is -2.24. The number of benzene rings is 1. The molecule has 2 rings (SSSR count). The predicted octanol–water partition coefficient (Wildman–Crippen LogP) is 2.40. The molecule has 0 spiro atoms. The van der Waals surface area contributed by atoms with Crippen LogP contribution in [0.3, 0.4) is 0 Å². The molecule has 29 heavy (non-hydrogen) atoms. The molecule has 1 fully saturated rings. The molecule has 0 atom stereocenters. The number of methoxy groups -OCH3 is 1. The average Bonchev–Trinajstić information content (AvgIpc) is 3.19. The monoisotopic (exact) mass is 408 g/mol. The second-order valence-electron chi connectivity index (χ2n) is 6.16. The van der Waals surface area contributed by atoms with Crippen LogP contribution < -0.4 is 4.74 Å². The van der Waals surface area contributed by atoms with Gasteiger partial charge in [0.1, 0.15) is 11.3 Å². The number of ether oxygens (including phenoxy) is 6. The Bertz CT molecular complexity index is 669. The zero-order valence-electron chi connectivity index (χ0n) is 17.1. The summed E-state index contributed by atoms with van der Waals surface area (Å²) in [6.07, 6.45) is 1.64. The Balaban J connectivity index is 2.03. The van der Waals surface area contributed by atoms with Crippen molar-refractivity contribution in [1.82, 2.24) is 0 Å². The van der Waals surface area contributed by atoms with Crippen molar-refractivity contribution in [2.24, 2.45) is 0 Å². The highest BCUT2D eigenvalue weighted by Crippen LogP contribution is 2.27. The lowest BCUT2D eigenvalue weighted by atomic mass is 10.1. The van der Waals surface area contributed by atoms with Crippen LogP contribution in [0.15, 0.2) is 35.9 Å². The number of hydrogen-bond acceptors (Lipinski definition) is 8. The Labute approximate surface area is 170 Å². The molecule has 0 bridgehead atoms. The maximum Gasteiger partial charge on any atom is 0.345 e. The van der Waals surface area contributed by atoms with Crippen LogP contribution in [0, 0.1) is 0 Å². The van der Waals surface area contributed by atoms with Gasteiger partial charge in [-0.25, -0.2) is 9.59 Å². The molecule has 160 valence electrons. The summed E-state index contributed by atoms with van der Waals surface area (Å²) in [7, 11) is 1.61. The van der Waals surface area contributed by atoms with E-state index in [0.717, 1.165) is 11.3 Å². The van der Waals surface area contributed by atoms with Crippen molar-refractivity contribution in [3.63, 3.8) is 0 Å². The SMILES string of the molecule is CCOC(=O)C(=CC1(CCOCc2ccc(OC)cc2)OCCO1)C(=O)OCC. The standard InChI is InChI=1S/C21H28O8/c1-4-26-19(22)18(20(23)27-5-2)14-21(28-12-13-29-21)10-11-25-15-16-6-8-17(24-3)9-7-16/h6-9,14H,4-5,10-13,15H2,1-3H3. The number of carbonyl (C=O) groups excluding carboxylic acids is 2. The van der Waals surface area contributed by atoms with Crippen LogP contribution in [-0.4, -0.2) is 57.9 Å². The van der Waals surface area contributed by atoms with Crippen molar-refractivity contribution in [2.45, 2.75) is 32.7 Å². The Kier molecular flexibility index (Phi) is 9.11. The molecular weight excluding hydrogens is 380 g/mol. The second-order valence-corrected chi connectivity index (χ2v) is 6.16. The fourth-order valence-electron chi connectivity index (χ4n) is 2.74. The quantitative estimate of drug-likeness (QED) is 0.181. The molecule has 0 radical (unpaired) electrons. The normalized spacial score (nSPS) is 14.9. The second kappa shape index (κ2) is 11.5. The van der Waals surface area contributed by atoms with E-state index in [-0.39, 0.29) is 18.8 Å². The molecule has 1 aliphatic rings. The van der Waals surface area contributed by atoms with Gasteiger partial charge in [0.15, 0.2) is 5.79 Å². The van der Waals surface area contributed by atoms with E-state index in [0.29, 0.717) is 32.8 Å². The van der Waals surface area contributed by atoms with E-state index >= 15 is 0 Å². The highest BCUT2D eigenvalue weighted by molar-refractivity contribution is 6.14. The van der Waals surface area contributed by atoms with Gasteiger partial charge in [-0.15, -0.1) is 0 Å². The van der Waals surface area contributed by atoms with Crippen LogP contribution in [-0.2, 0) is 39.9 Å². The van der Waals surface area contributed by atoms with Gasteiger partial charge in [0.25, 0.3) is 0 Å². The van der Waals surface area contributed by atoms with Crippen molar-refractivity contribution in [3.8, 4) is 5.75 Å².